The van der Waals surface area contributed by atoms with Crippen LogP contribution in [0.15, 0.2) is 47.3 Å². The van der Waals surface area contributed by atoms with E-state index < -0.39 is 0 Å². The van der Waals surface area contributed by atoms with Crippen LogP contribution in [-0.2, 0) is 0 Å². The van der Waals surface area contributed by atoms with Crippen LogP contribution in [-0.4, -0.2) is 20.3 Å². The van der Waals surface area contributed by atoms with E-state index >= 15 is 0 Å². The molecule has 0 radical (unpaired) electrons. The third-order valence-corrected chi connectivity index (χ3v) is 6.35. The minimum atomic E-state index is -0.189. The fourth-order valence-electron chi connectivity index (χ4n) is 2.40. The number of phenolic OH excluding ortho intramolecular Hbond substituents is 1. The van der Waals surface area contributed by atoms with Crippen LogP contribution in [0.5, 0.6) is 5.75 Å². The van der Waals surface area contributed by atoms with E-state index in [1.807, 2.05) is 0 Å². The first kappa shape index (κ1) is 18.9. The summed E-state index contributed by atoms with van der Waals surface area (Å²) in [4.78, 5) is 15.1. The summed E-state index contributed by atoms with van der Waals surface area (Å²) in [5, 5.41) is 20.0. The number of H-pyrrole nitrogens is 1. The van der Waals surface area contributed by atoms with E-state index in [0.29, 0.717) is 24.2 Å². The number of rotatable bonds is 3. The Bertz CT molecular complexity index is 1320. The van der Waals surface area contributed by atoms with Gasteiger partial charge in [-0.2, -0.15) is 0 Å². The number of nitrogens with one attached hydrogen (secondary N) is 1. The van der Waals surface area contributed by atoms with Gasteiger partial charge in [0.15, 0.2) is 0 Å². The van der Waals surface area contributed by atoms with E-state index in [1.165, 1.54) is 22.7 Å². The SMILES string of the molecule is O=c1[nH]/c(=C\c2nnc(-c3ccc(O)cc3)s2)s/c1=C\c1ccc(Cl)c(Cl)c1. The fourth-order valence-corrected chi connectivity index (χ4v) is 4.47. The topological polar surface area (TPSA) is 78.9 Å². The molecule has 2 heterocycles. The van der Waals surface area contributed by atoms with Crippen LogP contribution in [0.25, 0.3) is 22.7 Å². The predicted molar refractivity (Wildman–Crippen MR) is 115 cm³/mol. The first-order chi connectivity index (χ1) is 13.5. The minimum absolute atomic E-state index is 0.189. The maximum atomic E-state index is 12.2. The highest BCUT2D eigenvalue weighted by Crippen LogP contribution is 2.25. The fraction of sp³-hybridized carbons (Fsp3) is 0. The molecule has 0 bridgehead atoms. The zero-order valence-corrected chi connectivity index (χ0v) is 17.2. The highest BCUT2D eigenvalue weighted by molar-refractivity contribution is 7.15. The van der Waals surface area contributed by atoms with E-state index in [9.17, 15) is 9.90 Å². The molecule has 0 aliphatic rings. The third-order valence-electron chi connectivity index (χ3n) is 3.73. The standard InChI is InChI=1S/C19H11Cl2N3O2S2/c20-13-6-1-10(7-14(13)21)8-15-18(26)22-16(27-15)9-17-23-24-19(28-17)11-2-4-12(25)5-3-11/h1-9,25H,(H,22,26)/b15-8-,16-9+. The molecule has 2 N–H and O–H groups in total. The number of aromatic amines is 1. The molecule has 2 aromatic carbocycles. The molecule has 0 unspecified atom stereocenters. The average Bonchev–Trinajstić information content (AvgIpc) is 3.26. The van der Waals surface area contributed by atoms with Crippen LogP contribution >= 0.6 is 45.9 Å². The highest BCUT2D eigenvalue weighted by Gasteiger charge is 2.06. The molecule has 0 amide bonds. The minimum Gasteiger partial charge on any atom is -0.508 e. The second-order valence-electron chi connectivity index (χ2n) is 5.74. The zero-order chi connectivity index (χ0) is 19.7. The van der Waals surface area contributed by atoms with Crippen molar-refractivity contribution >= 4 is 58.0 Å². The molecule has 0 saturated heterocycles. The van der Waals surface area contributed by atoms with Crippen molar-refractivity contribution in [2.45, 2.75) is 0 Å². The summed E-state index contributed by atoms with van der Waals surface area (Å²) in [5.74, 6) is 0.196. The van der Waals surface area contributed by atoms with Gasteiger partial charge < -0.3 is 10.1 Å². The third kappa shape index (κ3) is 4.18. The molecule has 2 aromatic heterocycles. The molecular formula is C19H11Cl2N3O2S2. The Kier molecular flexibility index (Phi) is 5.32. The summed E-state index contributed by atoms with van der Waals surface area (Å²) in [6.07, 6.45) is 3.53. The maximum Gasteiger partial charge on any atom is 0.266 e. The lowest BCUT2D eigenvalue weighted by Crippen LogP contribution is -2.19. The molecule has 0 saturated carbocycles. The molecule has 140 valence electrons. The number of nitrogens with zero attached hydrogens (tertiary/aromatic N) is 2. The molecule has 0 atom stereocenters. The number of aromatic nitrogens is 3. The average molecular weight is 448 g/mol. The lowest BCUT2D eigenvalue weighted by atomic mass is 10.2. The van der Waals surface area contributed by atoms with Gasteiger partial charge >= 0.3 is 0 Å². The normalized spacial score (nSPS) is 12.6. The Morgan fingerprint density at radius 1 is 0.964 bits per heavy atom. The Morgan fingerprint density at radius 2 is 1.75 bits per heavy atom. The molecule has 28 heavy (non-hydrogen) atoms. The van der Waals surface area contributed by atoms with Gasteiger partial charge in [0.1, 0.15) is 15.8 Å². The molecular weight excluding hydrogens is 437 g/mol. The van der Waals surface area contributed by atoms with Crippen molar-refractivity contribution in [3.8, 4) is 16.3 Å². The number of aromatic hydroxyl groups is 1. The number of halogens is 2. The number of hydrogen-bond donors (Lipinski definition) is 2. The van der Waals surface area contributed by atoms with Gasteiger partial charge in [-0.3, -0.25) is 4.79 Å². The van der Waals surface area contributed by atoms with E-state index in [2.05, 4.69) is 15.2 Å². The van der Waals surface area contributed by atoms with Gasteiger partial charge in [-0.15, -0.1) is 21.5 Å². The molecule has 4 rings (SSSR count). The van der Waals surface area contributed by atoms with Crippen LogP contribution in [0, 0.1) is 0 Å². The monoisotopic (exact) mass is 447 g/mol. The van der Waals surface area contributed by atoms with Crippen molar-refractivity contribution in [3.05, 3.63) is 82.6 Å². The number of thiazole rings is 1. The van der Waals surface area contributed by atoms with Gasteiger partial charge in [0.05, 0.1) is 19.2 Å². The van der Waals surface area contributed by atoms with Gasteiger partial charge in [-0.25, -0.2) is 0 Å². The summed E-state index contributed by atoms with van der Waals surface area (Å²) >= 11 is 14.7. The van der Waals surface area contributed by atoms with E-state index in [0.717, 1.165) is 16.1 Å². The Labute approximate surface area is 176 Å². The number of phenols is 1. The van der Waals surface area contributed by atoms with Crippen molar-refractivity contribution in [1.82, 2.24) is 15.2 Å². The van der Waals surface area contributed by atoms with Crippen LogP contribution in [0.4, 0.5) is 0 Å². The summed E-state index contributed by atoms with van der Waals surface area (Å²) in [6, 6.07) is 11.9. The van der Waals surface area contributed by atoms with Crippen LogP contribution < -0.4 is 14.8 Å². The maximum absolute atomic E-state index is 12.2. The molecule has 4 aromatic rings. The summed E-state index contributed by atoms with van der Waals surface area (Å²) in [6.45, 7) is 0. The smallest absolute Gasteiger partial charge is 0.266 e. The Morgan fingerprint density at radius 3 is 2.50 bits per heavy atom. The summed E-state index contributed by atoms with van der Waals surface area (Å²) in [7, 11) is 0. The lowest BCUT2D eigenvalue weighted by Gasteiger charge is -1.96. The van der Waals surface area contributed by atoms with Gasteiger partial charge in [0, 0.05) is 11.6 Å². The summed E-state index contributed by atoms with van der Waals surface area (Å²) < 4.78 is 1.22. The Balaban J connectivity index is 1.67. The van der Waals surface area contributed by atoms with Crippen molar-refractivity contribution in [3.63, 3.8) is 0 Å². The van der Waals surface area contributed by atoms with E-state index in [1.54, 1.807) is 54.6 Å². The van der Waals surface area contributed by atoms with Crippen molar-refractivity contribution in [1.29, 1.82) is 0 Å². The number of hydrogen-bond acceptors (Lipinski definition) is 6. The van der Waals surface area contributed by atoms with Gasteiger partial charge in [0.2, 0.25) is 0 Å². The molecule has 9 heteroatoms. The van der Waals surface area contributed by atoms with Gasteiger partial charge in [0.25, 0.3) is 5.56 Å². The highest BCUT2D eigenvalue weighted by atomic mass is 35.5. The predicted octanol–water partition coefficient (Wildman–Crippen LogP) is 3.62. The van der Waals surface area contributed by atoms with E-state index in [-0.39, 0.29) is 11.3 Å². The van der Waals surface area contributed by atoms with Gasteiger partial charge in [-0.1, -0.05) is 40.6 Å². The lowest BCUT2D eigenvalue weighted by molar-refractivity contribution is 0.475. The number of benzene rings is 2. The second-order valence-corrected chi connectivity index (χ2v) is 8.65. The summed E-state index contributed by atoms with van der Waals surface area (Å²) in [5.41, 5.74) is 1.47. The van der Waals surface area contributed by atoms with Crippen molar-refractivity contribution in [2.75, 3.05) is 0 Å². The Hall–Kier alpha value is -2.45. The largest absolute Gasteiger partial charge is 0.508 e. The van der Waals surface area contributed by atoms with Gasteiger partial charge in [-0.05, 0) is 48.0 Å². The molecule has 5 nitrogen and oxygen atoms in total. The van der Waals surface area contributed by atoms with E-state index in [4.69, 9.17) is 23.2 Å². The molecule has 0 spiro atoms. The quantitative estimate of drug-likeness (QED) is 0.502. The van der Waals surface area contributed by atoms with Crippen molar-refractivity contribution in [2.24, 2.45) is 0 Å². The molecule has 0 fully saturated rings. The second kappa shape index (κ2) is 7.89. The first-order valence-corrected chi connectivity index (χ1v) is 10.4. The molecule has 0 aliphatic heterocycles. The van der Waals surface area contributed by atoms with Crippen LogP contribution in [0.2, 0.25) is 10.0 Å². The van der Waals surface area contributed by atoms with Crippen LogP contribution in [0.3, 0.4) is 0 Å². The molecule has 0 aliphatic carbocycles. The first-order valence-electron chi connectivity index (χ1n) is 7.98. The van der Waals surface area contributed by atoms with Crippen molar-refractivity contribution < 1.29 is 5.11 Å². The zero-order valence-electron chi connectivity index (χ0n) is 14.0. The van der Waals surface area contributed by atoms with Crippen LogP contribution in [0.1, 0.15) is 10.6 Å².